The third-order valence-electron chi connectivity index (χ3n) is 3.33. The van der Waals surface area contributed by atoms with Gasteiger partial charge >= 0.3 is 5.76 Å². The van der Waals surface area contributed by atoms with Crippen molar-refractivity contribution in [2.24, 2.45) is 0 Å². The van der Waals surface area contributed by atoms with E-state index in [0.29, 0.717) is 5.56 Å². The van der Waals surface area contributed by atoms with Gasteiger partial charge in [-0.25, -0.2) is 4.79 Å². The lowest BCUT2D eigenvalue weighted by atomic mass is 10.2. The Balaban J connectivity index is 2.05. The van der Waals surface area contributed by atoms with Gasteiger partial charge in [-0.2, -0.15) is 0 Å². The fraction of sp³-hybridized carbons (Fsp3) is 0.0667. The number of nitrogens with one attached hydrogen (secondary N) is 2. The summed E-state index contributed by atoms with van der Waals surface area (Å²) in [6, 6.07) is 9.31. The van der Waals surface area contributed by atoms with Crippen molar-refractivity contribution >= 4 is 40.1 Å². The summed E-state index contributed by atoms with van der Waals surface area (Å²) in [4.78, 5) is 37.4. The summed E-state index contributed by atoms with van der Waals surface area (Å²) in [7, 11) is 0. The molecule has 0 atom stereocenters. The SMILES string of the molecule is CSc1ccccc1C(=O)Nc1cc2oc(=O)[nH]c2cc1[N+](=O)[O-]. The number of nitro benzene ring substituents is 1. The first kappa shape index (κ1) is 15.8. The lowest BCUT2D eigenvalue weighted by molar-refractivity contribution is -0.383. The second-order valence-electron chi connectivity index (χ2n) is 4.79. The van der Waals surface area contributed by atoms with Crippen molar-refractivity contribution in [1.82, 2.24) is 4.98 Å². The number of oxazole rings is 1. The van der Waals surface area contributed by atoms with Crippen LogP contribution in [0.5, 0.6) is 0 Å². The Kier molecular flexibility index (Phi) is 4.09. The van der Waals surface area contributed by atoms with Gasteiger partial charge in [0.05, 0.1) is 16.0 Å². The normalized spacial score (nSPS) is 10.7. The zero-order valence-electron chi connectivity index (χ0n) is 12.4. The van der Waals surface area contributed by atoms with Crippen LogP contribution in [0.15, 0.2) is 50.5 Å². The number of aromatic amines is 1. The number of hydrogen-bond acceptors (Lipinski definition) is 6. The van der Waals surface area contributed by atoms with Crippen LogP contribution in [-0.4, -0.2) is 22.1 Å². The van der Waals surface area contributed by atoms with E-state index < -0.39 is 16.6 Å². The van der Waals surface area contributed by atoms with E-state index in [1.54, 1.807) is 24.3 Å². The smallest absolute Gasteiger partial charge is 0.408 e. The Morgan fingerprint density at radius 2 is 2.08 bits per heavy atom. The van der Waals surface area contributed by atoms with Crippen LogP contribution in [-0.2, 0) is 0 Å². The molecule has 0 unspecified atom stereocenters. The fourth-order valence-corrected chi connectivity index (χ4v) is 2.85. The zero-order chi connectivity index (χ0) is 17.3. The molecule has 0 aliphatic carbocycles. The summed E-state index contributed by atoms with van der Waals surface area (Å²) in [5.74, 6) is -1.21. The number of thioether (sulfide) groups is 1. The Labute approximate surface area is 139 Å². The maximum absolute atomic E-state index is 12.5. The lowest BCUT2D eigenvalue weighted by Gasteiger charge is -2.08. The molecular weight excluding hydrogens is 334 g/mol. The number of rotatable bonds is 4. The van der Waals surface area contributed by atoms with Crippen LogP contribution < -0.4 is 11.1 Å². The Morgan fingerprint density at radius 3 is 2.79 bits per heavy atom. The molecule has 0 spiro atoms. The summed E-state index contributed by atoms with van der Waals surface area (Å²) < 4.78 is 4.89. The van der Waals surface area contributed by atoms with Gasteiger partial charge in [-0.1, -0.05) is 12.1 Å². The summed E-state index contributed by atoms with van der Waals surface area (Å²) in [5, 5.41) is 13.8. The molecule has 0 aliphatic rings. The Bertz CT molecular complexity index is 1010. The van der Waals surface area contributed by atoms with Gasteiger partial charge in [0.15, 0.2) is 5.58 Å². The number of fused-ring (bicyclic) bond motifs is 1. The maximum atomic E-state index is 12.5. The van der Waals surface area contributed by atoms with Crippen molar-refractivity contribution < 1.29 is 14.1 Å². The van der Waals surface area contributed by atoms with E-state index in [9.17, 15) is 19.7 Å². The molecule has 9 heteroatoms. The van der Waals surface area contributed by atoms with Crippen molar-refractivity contribution in [1.29, 1.82) is 0 Å². The summed E-state index contributed by atoms with van der Waals surface area (Å²) >= 11 is 1.39. The van der Waals surface area contributed by atoms with Gasteiger partial charge in [0.1, 0.15) is 5.69 Å². The highest BCUT2D eigenvalue weighted by Gasteiger charge is 2.21. The number of carbonyl (C=O) groups is 1. The minimum Gasteiger partial charge on any atom is -0.408 e. The molecule has 0 aliphatic heterocycles. The molecule has 0 fully saturated rings. The number of carbonyl (C=O) groups excluding carboxylic acids is 1. The molecule has 122 valence electrons. The second-order valence-corrected chi connectivity index (χ2v) is 5.64. The van der Waals surface area contributed by atoms with E-state index in [2.05, 4.69) is 10.3 Å². The topological polar surface area (TPSA) is 118 Å². The molecule has 3 rings (SSSR count). The van der Waals surface area contributed by atoms with Crippen molar-refractivity contribution in [3.8, 4) is 0 Å². The van der Waals surface area contributed by atoms with Gasteiger partial charge < -0.3 is 9.73 Å². The highest BCUT2D eigenvalue weighted by Crippen LogP contribution is 2.30. The van der Waals surface area contributed by atoms with Crippen LogP contribution in [0, 0.1) is 10.1 Å². The highest BCUT2D eigenvalue weighted by atomic mass is 32.2. The summed E-state index contributed by atoms with van der Waals surface area (Å²) in [6.45, 7) is 0. The number of benzene rings is 2. The minimum atomic E-state index is -0.726. The number of nitro groups is 1. The number of H-pyrrole nitrogens is 1. The summed E-state index contributed by atoms with van der Waals surface area (Å²) in [5.41, 5.74) is 0.328. The molecule has 24 heavy (non-hydrogen) atoms. The maximum Gasteiger partial charge on any atom is 0.417 e. The number of anilines is 1. The molecular formula is C15H11N3O5S. The predicted molar refractivity (Wildman–Crippen MR) is 89.7 cm³/mol. The molecule has 8 nitrogen and oxygen atoms in total. The average Bonchev–Trinajstić information content (AvgIpc) is 2.92. The van der Waals surface area contributed by atoms with Gasteiger partial charge in [0, 0.05) is 17.0 Å². The van der Waals surface area contributed by atoms with Crippen LogP contribution >= 0.6 is 11.8 Å². The molecule has 0 bridgehead atoms. The van der Waals surface area contributed by atoms with E-state index in [1.807, 2.05) is 6.26 Å². The third kappa shape index (κ3) is 2.88. The van der Waals surface area contributed by atoms with Crippen molar-refractivity contribution in [3.63, 3.8) is 0 Å². The number of amides is 1. The quantitative estimate of drug-likeness (QED) is 0.426. The van der Waals surface area contributed by atoms with Crippen LogP contribution in [0.3, 0.4) is 0 Å². The van der Waals surface area contributed by atoms with E-state index >= 15 is 0 Å². The number of aromatic nitrogens is 1. The molecule has 0 saturated carbocycles. The first-order chi connectivity index (χ1) is 11.5. The number of nitrogens with zero attached hydrogens (tertiary/aromatic N) is 1. The van der Waals surface area contributed by atoms with E-state index in [4.69, 9.17) is 4.42 Å². The van der Waals surface area contributed by atoms with Crippen LogP contribution in [0.1, 0.15) is 10.4 Å². The predicted octanol–water partition coefficient (Wildman–Crippen LogP) is 3.00. The van der Waals surface area contributed by atoms with Crippen molar-refractivity contribution in [2.45, 2.75) is 4.90 Å². The van der Waals surface area contributed by atoms with Gasteiger partial charge in [-0.3, -0.25) is 19.9 Å². The monoisotopic (exact) mass is 345 g/mol. The van der Waals surface area contributed by atoms with Gasteiger partial charge in [0.25, 0.3) is 11.6 Å². The molecule has 2 aromatic carbocycles. The molecule has 2 N–H and O–H groups in total. The van der Waals surface area contributed by atoms with Gasteiger partial charge in [0.2, 0.25) is 0 Å². The van der Waals surface area contributed by atoms with E-state index in [-0.39, 0.29) is 22.5 Å². The van der Waals surface area contributed by atoms with E-state index in [1.165, 1.54) is 17.8 Å². The fourth-order valence-electron chi connectivity index (χ4n) is 2.26. The molecule has 1 heterocycles. The standard InChI is InChI=1S/C15H11N3O5S/c1-24-13-5-3-2-4-8(13)14(19)16-9-7-12-10(17-15(20)23-12)6-11(9)18(21)22/h2-7H,1H3,(H,16,19)(H,17,20). The molecule has 1 amide bonds. The average molecular weight is 345 g/mol. The minimum absolute atomic E-state index is 0.0452. The molecule has 0 saturated heterocycles. The second kappa shape index (κ2) is 6.20. The first-order valence-electron chi connectivity index (χ1n) is 6.75. The van der Waals surface area contributed by atoms with Crippen molar-refractivity contribution in [2.75, 3.05) is 11.6 Å². The lowest BCUT2D eigenvalue weighted by Crippen LogP contribution is -2.14. The number of hydrogen-bond donors (Lipinski definition) is 2. The molecule has 3 aromatic rings. The largest absolute Gasteiger partial charge is 0.417 e. The van der Waals surface area contributed by atoms with E-state index in [0.717, 1.165) is 11.0 Å². The molecule has 1 aromatic heterocycles. The van der Waals surface area contributed by atoms with Crippen molar-refractivity contribution in [3.05, 3.63) is 62.6 Å². The molecule has 0 radical (unpaired) electrons. The van der Waals surface area contributed by atoms with Gasteiger partial charge in [-0.05, 0) is 18.4 Å². The zero-order valence-corrected chi connectivity index (χ0v) is 13.2. The van der Waals surface area contributed by atoms with Gasteiger partial charge in [-0.15, -0.1) is 11.8 Å². The van der Waals surface area contributed by atoms with Crippen LogP contribution in [0.25, 0.3) is 11.1 Å². The third-order valence-corrected chi connectivity index (χ3v) is 4.13. The highest BCUT2D eigenvalue weighted by molar-refractivity contribution is 7.98. The first-order valence-corrected chi connectivity index (χ1v) is 7.97. The summed E-state index contributed by atoms with van der Waals surface area (Å²) in [6.07, 6.45) is 1.83. The Hall–Kier alpha value is -3.07. The van der Waals surface area contributed by atoms with Crippen LogP contribution in [0.4, 0.5) is 11.4 Å². The Morgan fingerprint density at radius 1 is 1.33 bits per heavy atom. The van der Waals surface area contributed by atoms with Crippen LogP contribution in [0.2, 0.25) is 0 Å².